The number of amides is 1. The van der Waals surface area contributed by atoms with E-state index >= 15 is 0 Å². The fourth-order valence-electron chi connectivity index (χ4n) is 3.28. The number of hydrogen-bond donors (Lipinski definition) is 1. The Morgan fingerprint density at radius 1 is 1.00 bits per heavy atom. The highest BCUT2D eigenvalue weighted by molar-refractivity contribution is 7.15. The maximum atomic E-state index is 13.2. The molecule has 156 valence electrons. The topological polar surface area (TPSA) is 81.4 Å². The lowest BCUT2D eigenvalue weighted by Gasteiger charge is -2.09. The number of hydrogen-bond acceptors (Lipinski definition) is 6. The molecule has 2 aromatic heterocycles. The van der Waals surface area contributed by atoms with Crippen molar-refractivity contribution >= 4 is 28.2 Å². The number of esters is 1. The number of aromatic nitrogens is 1. The van der Waals surface area contributed by atoms with Crippen molar-refractivity contribution in [3.8, 4) is 22.4 Å². The van der Waals surface area contributed by atoms with Crippen LogP contribution in [0.15, 0.2) is 70.6 Å². The van der Waals surface area contributed by atoms with Crippen LogP contribution < -0.4 is 5.32 Å². The zero-order valence-electron chi connectivity index (χ0n) is 17.0. The van der Waals surface area contributed by atoms with Gasteiger partial charge in [-0.1, -0.05) is 65.8 Å². The van der Waals surface area contributed by atoms with Gasteiger partial charge in [-0.3, -0.25) is 4.79 Å². The van der Waals surface area contributed by atoms with Gasteiger partial charge in [0, 0.05) is 16.5 Å². The van der Waals surface area contributed by atoms with Crippen molar-refractivity contribution in [2.45, 2.75) is 13.8 Å². The molecule has 0 radical (unpaired) electrons. The van der Waals surface area contributed by atoms with E-state index in [4.69, 9.17) is 9.26 Å². The highest BCUT2D eigenvalue weighted by atomic mass is 32.1. The minimum absolute atomic E-state index is 0.235. The van der Waals surface area contributed by atoms with E-state index in [1.54, 1.807) is 13.8 Å². The van der Waals surface area contributed by atoms with E-state index in [-0.39, 0.29) is 6.61 Å². The normalized spacial score (nSPS) is 10.6. The number of thiophene rings is 1. The van der Waals surface area contributed by atoms with Crippen LogP contribution in [0.4, 0.5) is 5.00 Å². The molecule has 7 heteroatoms. The van der Waals surface area contributed by atoms with E-state index in [2.05, 4.69) is 10.5 Å². The van der Waals surface area contributed by atoms with Gasteiger partial charge in [-0.15, -0.1) is 11.3 Å². The third kappa shape index (κ3) is 4.13. The highest BCUT2D eigenvalue weighted by Crippen LogP contribution is 2.37. The molecule has 0 bridgehead atoms. The van der Waals surface area contributed by atoms with Crippen molar-refractivity contribution in [3.63, 3.8) is 0 Å². The summed E-state index contributed by atoms with van der Waals surface area (Å²) in [4.78, 5) is 26.0. The summed E-state index contributed by atoms with van der Waals surface area (Å²) in [5, 5.41) is 9.20. The van der Waals surface area contributed by atoms with Gasteiger partial charge >= 0.3 is 5.97 Å². The molecule has 1 N–H and O–H groups in total. The smallest absolute Gasteiger partial charge is 0.341 e. The number of carbonyl (C=O) groups is 2. The molecule has 0 fully saturated rings. The van der Waals surface area contributed by atoms with Crippen LogP contribution in [0.25, 0.3) is 22.4 Å². The highest BCUT2D eigenvalue weighted by Gasteiger charge is 2.26. The Kier molecular flexibility index (Phi) is 5.95. The standard InChI is InChI=1S/C24H20N2O4S/c1-3-29-24(28)20-18(16-10-6-4-7-11-16)14-31-23(20)25-22(27)19-15(2)30-26-21(19)17-12-8-5-9-13-17/h4-14H,3H2,1-2H3,(H,25,27). The van der Waals surface area contributed by atoms with E-state index in [9.17, 15) is 9.59 Å². The first-order valence-electron chi connectivity index (χ1n) is 9.77. The third-order valence-corrected chi connectivity index (χ3v) is 5.61. The predicted octanol–water partition coefficient (Wildman–Crippen LogP) is 5.81. The van der Waals surface area contributed by atoms with E-state index < -0.39 is 11.9 Å². The second-order valence-electron chi connectivity index (χ2n) is 6.72. The van der Waals surface area contributed by atoms with Gasteiger partial charge < -0.3 is 14.6 Å². The average molecular weight is 433 g/mol. The number of aryl methyl sites for hydroxylation is 1. The molecule has 0 saturated carbocycles. The van der Waals surface area contributed by atoms with Gasteiger partial charge in [0.15, 0.2) is 0 Å². The summed E-state index contributed by atoms with van der Waals surface area (Å²) >= 11 is 1.27. The molecule has 0 aliphatic rings. The lowest BCUT2D eigenvalue weighted by Crippen LogP contribution is -2.16. The number of carbonyl (C=O) groups excluding carboxylic acids is 2. The molecule has 31 heavy (non-hydrogen) atoms. The van der Waals surface area contributed by atoms with Gasteiger partial charge in [0.2, 0.25) is 0 Å². The first-order chi connectivity index (χ1) is 15.1. The van der Waals surface area contributed by atoms with Crippen LogP contribution in [-0.4, -0.2) is 23.6 Å². The number of rotatable bonds is 6. The van der Waals surface area contributed by atoms with Crippen molar-refractivity contribution in [1.82, 2.24) is 5.16 Å². The first-order valence-corrected chi connectivity index (χ1v) is 10.6. The molecule has 0 aliphatic heterocycles. The number of ether oxygens (including phenoxy) is 1. The summed E-state index contributed by atoms with van der Waals surface area (Å²) in [6.07, 6.45) is 0. The van der Waals surface area contributed by atoms with Gasteiger partial charge in [-0.05, 0) is 19.4 Å². The summed E-state index contributed by atoms with van der Waals surface area (Å²) in [5.74, 6) is -0.485. The van der Waals surface area contributed by atoms with Crippen molar-refractivity contribution in [3.05, 3.63) is 82.9 Å². The molecule has 0 saturated heterocycles. The Morgan fingerprint density at radius 2 is 1.65 bits per heavy atom. The minimum Gasteiger partial charge on any atom is -0.462 e. The van der Waals surface area contributed by atoms with Crippen LogP contribution in [0.2, 0.25) is 0 Å². The zero-order chi connectivity index (χ0) is 21.8. The zero-order valence-corrected chi connectivity index (χ0v) is 17.9. The molecule has 4 aromatic rings. The average Bonchev–Trinajstić information content (AvgIpc) is 3.38. The molecular weight excluding hydrogens is 412 g/mol. The van der Waals surface area contributed by atoms with Gasteiger partial charge in [-0.2, -0.15) is 0 Å². The van der Waals surface area contributed by atoms with Crippen molar-refractivity contribution < 1.29 is 18.8 Å². The summed E-state index contributed by atoms with van der Waals surface area (Å²) in [6.45, 7) is 3.67. The van der Waals surface area contributed by atoms with E-state index in [1.807, 2.05) is 66.0 Å². The lowest BCUT2D eigenvalue weighted by molar-refractivity contribution is 0.0529. The first kappa shape index (κ1) is 20.6. The Labute approximate surface area is 183 Å². The van der Waals surface area contributed by atoms with Crippen LogP contribution in [-0.2, 0) is 4.74 Å². The predicted molar refractivity (Wildman–Crippen MR) is 120 cm³/mol. The SMILES string of the molecule is CCOC(=O)c1c(-c2ccccc2)csc1NC(=O)c1c(-c2ccccc2)noc1C. The molecule has 0 atom stereocenters. The van der Waals surface area contributed by atoms with Crippen LogP contribution in [0, 0.1) is 6.92 Å². The molecule has 6 nitrogen and oxygen atoms in total. The third-order valence-electron chi connectivity index (χ3n) is 4.72. The molecule has 2 heterocycles. The largest absolute Gasteiger partial charge is 0.462 e. The van der Waals surface area contributed by atoms with Gasteiger partial charge in [-0.25, -0.2) is 4.79 Å². The van der Waals surface area contributed by atoms with Crippen molar-refractivity contribution in [2.24, 2.45) is 0 Å². The van der Waals surface area contributed by atoms with Crippen LogP contribution in [0.3, 0.4) is 0 Å². The molecular formula is C24H20N2O4S. The quantitative estimate of drug-likeness (QED) is 0.389. The number of anilines is 1. The fraction of sp³-hybridized carbons (Fsp3) is 0.125. The summed E-state index contributed by atoms with van der Waals surface area (Å²) < 4.78 is 10.6. The monoisotopic (exact) mass is 432 g/mol. The Bertz CT molecular complexity index is 1210. The maximum Gasteiger partial charge on any atom is 0.341 e. The van der Waals surface area contributed by atoms with E-state index in [0.29, 0.717) is 33.1 Å². The van der Waals surface area contributed by atoms with Crippen LogP contribution in [0.5, 0.6) is 0 Å². The molecule has 4 rings (SSSR count). The van der Waals surface area contributed by atoms with Crippen molar-refractivity contribution in [1.29, 1.82) is 0 Å². The Balaban J connectivity index is 1.72. The molecule has 1 amide bonds. The fourth-order valence-corrected chi connectivity index (χ4v) is 4.24. The Hall–Kier alpha value is -3.71. The molecule has 2 aromatic carbocycles. The van der Waals surface area contributed by atoms with Crippen molar-refractivity contribution in [2.75, 3.05) is 11.9 Å². The van der Waals surface area contributed by atoms with Gasteiger partial charge in [0.1, 0.15) is 27.6 Å². The molecule has 0 unspecified atom stereocenters. The summed E-state index contributed by atoms with van der Waals surface area (Å²) in [6, 6.07) is 18.9. The maximum absolute atomic E-state index is 13.2. The van der Waals surface area contributed by atoms with E-state index in [0.717, 1.165) is 11.1 Å². The van der Waals surface area contributed by atoms with E-state index in [1.165, 1.54) is 11.3 Å². The lowest BCUT2D eigenvalue weighted by atomic mass is 10.0. The second kappa shape index (κ2) is 8.97. The number of nitrogens with one attached hydrogen (secondary N) is 1. The second-order valence-corrected chi connectivity index (χ2v) is 7.60. The summed E-state index contributed by atoms with van der Waals surface area (Å²) in [5.41, 5.74) is 3.47. The minimum atomic E-state index is -0.483. The molecule has 0 spiro atoms. The van der Waals surface area contributed by atoms with Crippen LogP contribution >= 0.6 is 11.3 Å². The summed E-state index contributed by atoms with van der Waals surface area (Å²) in [7, 11) is 0. The van der Waals surface area contributed by atoms with Gasteiger partial charge in [0.05, 0.1) is 6.61 Å². The van der Waals surface area contributed by atoms with Gasteiger partial charge in [0.25, 0.3) is 5.91 Å². The number of benzene rings is 2. The Morgan fingerprint density at radius 3 is 2.29 bits per heavy atom. The van der Waals surface area contributed by atoms with Crippen LogP contribution in [0.1, 0.15) is 33.4 Å². The number of nitrogens with zero attached hydrogens (tertiary/aromatic N) is 1. The molecule has 0 aliphatic carbocycles.